The van der Waals surface area contributed by atoms with Crippen LogP contribution in [0.3, 0.4) is 0 Å². The van der Waals surface area contributed by atoms with E-state index in [1.54, 1.807) is 30.3 Å². The molecular weight excluding hydrogens is 551 g/mol. The van der Waals surface area contributed by atoms with Crippen LogP contribution >= 0.6 is 22.6 Å². The largest absolute Gasteiger partial charge is 0.482 e. The number of nitrogens with two attached hydrogens (primary N) is 1. The molecule has 0 radical (unpaired) electrons. The SMILES string of the molecule is CCCn1c(=O)c2[nH]c(-c3ccc(OCC(=O)O)cc3)nc2n(Cc2ccc(N)c([125I])c2)c1=O. The summed E-state index contributed by atoms with van der Waals surface area (Å²) in [5.41, 5.74) is 7.72. The maximum Gasteiger partial charge on any atom is 0.341 e. The maximum absolute atomic E-state index is 13.2. The second-order valence-corrected chi connectivity index (χ2v) is 8.83. The quantitative estimate of drug-likeness (QED) is 0.217. The van der Waals surface area contributed by atoms with E-state index in [0.29, 0.717) is 29.2 Å². The van der Waals surface area contributed by atoms with Crippen LogP contribution in [0.2, 0.25) is 0 Å². The number of carbonyl (C=O) groups is 1. The van der Waals surface area contributed by atoms with Gasteiger partial charge in [0.15, 0.2) is 12.3 Å². The fourth-order valence-corrected chi connectivity index (χ4v) is 4.15. The minimum atomic E-state index is -1.07. The number of ether oxygens (including phenoxy) is 1. The number of rotatable bonds is 8. The van der Waals surface area contributed by atoms with E-state index in [0.717, 1.165) is 9.13 Å². The van der Waals surface area contributed by atoms with Gasteiger partial charge in [-0.2, -0.15) is 0 Å². The zero-order chi connectivity index (χ0) is 24.4. The predicted molar refractivity (Wildman–Crippen MR) is 136 cm³/mol. The monoisotopic (exact) mass is 573 g/mol. The Balaban J connectivity index is 1.81. The van der Waals surface area contributed by atoms with Gasteiger partial charge < -0.3 is 20.6 Å². The molecule has 0 saturated heterocycles. The summed E-state index contributed by atoms with van der Waals surface area (Å²) < 4.78 is 8.73. The first-order valence-corrected chi connectivity index (χ1v) is 11.6. The Hall–Kier alpha value is -3.61. The molecule has 0 aliphatic heterocycles. The van der Waals surface area contributed by atoms with E-state index in [-0.39, 0.29) is 24.3 Å². The van der Waals surface area contributed by atoms with Crippen molar-refractivity contribution < 1.29 is 14.6 Å². The van der Waals surface area contributed by atoms with Gasteiger partial charge in [0.1, 0.15) is 17.1 Å². The number of nitrogens with one attached hydrogen (secondary N) is 1. The van der Waals surface area contributed by atoms with Crippen molar-refractivity contribution in [1.29, 1.82) is 0 Å². The number of anilines is 1. The molecule has 4 rings (SSSR count). The molecule has 10 nitrogen and oxygen atoms in total. The smallest absolute Gasteiger partial charge is 0.341 e. The third kappa shape index (κ3) is 4.69. The highest BCUT2D eigenvalue weighted by molar-refractivity contribution is 14.1. The third-order valence-electron chi connectivity index (χ3n) is 5.20. The van der Waals surface area contributed by atoms with Crippen LogP contribution < -0.4 is 21.7 Å². The molecule has 2 heterocycles. The number of aliphatic carboxylic acids is 1. The van der Waals surface area contributed by atoms with E-state index in [1.165, 1.54) is 9.13 Å². The molecule has 34 heavy (non-hydrogen) atoms. The molecule has 0 aliphatic rings. The molecule has 0 amide bonds. The Labute approximate surface area is 207 Å². The van der Waals surface area contributed by atoms with Gasteiger partial charge in [-0.05, 0) is 71.0 Å². The van der Waals surface area contributed by atoms with E-state index < -0.39 is 23.8 Å². The summed E-state index contributed by atoms with van der Waals surface area (Å²) in [7, 11) is 0. The minimum absolute atomic E-state index is 0.224. The summed E-state index contributed by atoms with van der Waals surface area (Å²) >= 11 is 2.14. The van der Waals surface area contributed by atoms with Crippen molar-refractivity contribution in [2.24, 2.45) is 0 Å². The summed E-state index contributed by atoms with van der Waals surface area (Å²) in [6.07, 6.45) is 0.624. The minimum Gasteiger partial charge on any atom is -0.482 e. The number of nitrogens with zero attached hydrogens (tertiary/aromatic N) is 3. The van der Waals surface area contributed by atoms with Gasteiger partial charge in [-0.1, -0.05) is 13.0 Å². The molecule has 2 aromatic carbocycles. The zero-order valence-corrected chi connectivity index (χ0v) is 20.4. The molecule has 0 aliphatic carbocycles. The first kappa shape index (κ1) is 23.5. The number of H-pyrrole nitrogens is 1. The van der Waals surface area contributed by atoms with Crippen molar-refractivity contribution in [3.8, 4) is 17.1 Å². The second kappa shape index (κ2) is 9.71. The highest BCUT2D eigenvalue weighted by Gasteiger charge is 2.18. The molecule has 11 heteroatoms. The first-order valence-electron chi connectivity index (χ1n) is 10.5. The molecular formula is C23H22IN5O5. The number of imidazole rings is 1. The van der Waals surface area contributed by atoms with Crippen molar-refractivity contribution in [1.82, 2.24) is 19.1 Å². The molecule has 0 bridgehead atoms. The number of carboxylic acids is 1. The van der Waals surface area contributed by atoms with Crippen molar-refractivity contribution in [2.75, 3.05) is 12.3 Å². The van der Waals surface area contributed by atoms with Crippen LogP contribution in [0.15, 0.2) is 52.1 Å². The number of carboxylic acid groups (broad SMARTS) is 1. The van der Waals surface area contributed by atoms with Gasteiger partial charge in [0.25, 0.3) is 5.56 Å². The number of hydrogen-bond acceptors (Lipinski definition) is 6. The summed E-state index contributed by atoms with van der Waals surface area (Å²) in [6.45, 7) is 1.96. The van der Waals surface area contributed by atoms with Gasteiger partial charge in [0, 0.05) is 21.4 Å². The molecule has 176 valence electrons. The number of benzene rings is 2. The van der Waals surface area contributed by atoms with Gasteiger partial charge in [-0.15, -0.1) is 0 Å². The topological polar surface area (TPSA) is 145 Å². The summed E-state index contributed by atoms with van der Waals surface area (Å²) in [4.78, 5) is 44.7. The molecule has 0 spiro atoms. The fourth-order valence-electron chi connectivity index (χ4n) is 3.57. The summed E-state index contributed by atoms with van der Waals surface area (Å²) in [5.74, 6) is -0.271. The standard InChI is InChI=1S/C23H22IN5O5/c1-2-9-28-22(32)19-21(29(23(28)33)11-13-3-8-17(25)16(24)10-13)27-20(26-19)14-4-6-15(7-5-14)34-12-18(30)31/h3-8,10H,2,9,11-12,25H2,1H3,(H,26,27)(H,30,31)/i24-2. The Kier molecular flexibility index (Phi) is 6.72. The van der Waals surface area contributed by atoms with Gasteiger partial charge in [-0.25, -0.2) is 14.6 Å². The molecule has 0 saturated carbocycles. The van der Waals surface area contributed by atoms with Crippen LogP contribution in [-0.4, -0.2) is 36.8 Å². The fraction of sp³-hybridized carbons (Fsp3) is 0.217. The average Bonchev–Trinajstić information content (AvgIpc) is 3.26. The molecule has 4 aromatic rings. The first-order chi connectivity index (χ1) is 16.3. The van der Waals surface area contributed by atoms with E-state index in [9.17, 15) is 14.4 Å². The number of halogens is 1. The van der Waals surface area contributed by atoms with Crippen LogP contribution in [0.25, 0.3) is 22.6 Å². The van der Waals surface area contributed by atoms with Crippen molar-refractivity contribution >= 4 is 45.4 Å². The molecule has 0 atom stereocenters. The second-order valence-electron chi connectivity index (χ2n) is 7.67. The maximum atomic E-state index is 13.2. The number of nitrogen functional groups attached to an aromatic ring is 1. The van der Waals surface area contributed by atoms with Gasteiger partial charge in [0.2, 0.25) is 0 Å². The number of hydrogen-bond donors (Lipinski definition) is 3. The number of aromatic amines is 1. The number of aromatic nitrogens is 4. The lowest BCUT2D eigenvalue weighted by molar-refractivity contribution is -0.139. The lowest BCUT2D eigenvalue weighted by Gasteiger charge is -2.11. The molecule has 0 fully saturated rings. The van der Waals surface area contributed by atoms with Crippen LogP contribution in [0.1, 0.15) is 18.9 Å². The van der Waals surface area contributed by atoms with Crippen LogP contribution in [0, 0.1) is 3.57 Å². The molecule has 0 unspecified atom stereocenters. The van der Waals surface area contributed by atoms with Gasteiger partial charge in [-0.3, -0.25) is 13.9 Å². The molecule has 2 aromatic heterocycles. The Morgan fingerprint density at radius 2 is 1.91 bits per heavy atom. The number of fused-ring (bicyclic) bond motifs is 1. The average molecular weight is 573 g/mol. The lowest BCUT2D eigenvalue weighted by atomic mass is 10.2. The lowest BCUT2D eigenvalue weighted by Crippen LogP contribution is -2.40. The van der Waals surface area contributed by atoms with E-state index >= 15 is 0 Å². The van der Waals surface area contributed by atoms with E-state index in [4.69, 9.17) is 15.6 Å². The summed E-state index contributed by atoms with van der Waals surface area (Å²) in [5, 5.41) is 8.75. The van der Waals surface area contributed by atoms with Crippen LogP contribution in [-0.2, 0) is 17.9 Å². The highest BCUT2D eigenvalue weighted by atomic mass is 125. The van der Waals surface area contributed by atoms with Crippen LogP contribution in [0.4, 0.5) is 5.69 Å². The Morgan fingerprint density at radius 1 is 1.18 bits per heavy atom. The van der Waals surface area contributed by atoms with Gasteiger partial charge >= 0.3 is 11.7 Å². The van der Waals surface area contributed by atoms with E-state index in [1.807, 2.05) is 19.1 Å². The third-order valence-corrected chi connectivity index (χ3v) is 6.14. The van der Waals surface area contributed by atoms with E-state index in [2.05, 4.69) is 32.6 Å². The van der Waals surface area contributed by atoms with Crippen molar-refractivity contribution in [2.45, 2.75) is 26.4 Å². The van der Waals surface area contributed by atoms with Crippen molar-refractivity contribution in [3.05, 3.63) is 72.4 Å². The van der Waals surface area contributed by atoms with Gasteiger partial charge in [0.05, 0.1) is 6.54 Å². The molecule has 4 N–H and O–H groups in total. The Morgan fingerprint density at radius 3 is 2.56 bits per heavy atom. The Bertz CT molecular complexity index is 1490. The highest BCUT2D eigenvalue weighted by Crippen LogP contribution is 2.22. The summed E-state index contributed by atoms with van der Waals surface area (Å²) in [6, 6.07) is 12.1. The normalized spacial score (nSPS) is 11.1. The predicted octanol–water partition coefficient (Wildman–Crippen LogP) is 2.66. The van der Waals surface area contributed by atoms with Crippen molar-refractivity contribution in [3.63, 3.8) is 0 Å². The zero-order valence-electron chi connectivity index (χ0n) is 18.2. The van der Waals surface area contributed by atoms with Crippen LogP contribution in [0.5, 0.6) is 5.75 Å².